The molecule has 0 fully saturated rings. The van der Waals surface area contributed by atoms with E-state index in [-0.39, 0.29) is 6.04 Å². The zero-order valence-corrected chi connectivity index (χ0v) is 14.6. The van der Waals surface area contributed by atoms with E-state index in [1.165, 1.54) is 5.56 Å². The van der Waals surface area contributed by atoms with Crippen molar-refractivity contribution in [1.82, 2.24) is 10.2 Å². The Morgan fingerprint density at radius 2 is 1.74 bits per heavy atom. The van der Waals surface area contributed by atoms with Gasteiger partial charge in [0.15, 0.2) is 5.11 Å². The van der Waals surface area contributed by atoms with Gasteiger partial charge in [-0.1, -0.05) is 30.3 Å². The monoisotopic (exact) mass is 329 g/mol. The Bertz CT molecular complexity index is 614. The molecule has 0 aliphatic heterocycles. The average Bonchev–Trinajstić information content (AvgIpc) is 2.56. The van der Waals surface area contributed by atoms with Crippen LogP contribution in [0.5, 0.6) is 5.75 Å². The number of thiocarbonyl (C=S) groups is 1. The normalized spacial score (nSPS) is 11.8. The van der Waals surface area contributed by atoms with Gasteiger partial charge < -0.3 is 20.3 Å². The number of benzene rings is 2. The molecule has 0 saturated heterocycles. The Hall–Kier alpha value is -2.11. The third kappa shape index (κ3) is 5.23. The number of anilines is 1. The molecule has 0 aliphatic rings. The minimum absolute atomic E-state index is 0.256. The summed E-state index contributed by atoms with van der Waals surface area (Å²) in [6.07, 6.45) is 0. The van der Waals surface area contributed by atoms with E-state index in [4.69, 9.17) is 17.0 Å². The van der Waals surface area contributed by atoms with Gasteiger partial charge >= 0.3 is 0 Å². The van der Waals surface area contributed by atoms with Crippen LogP contribution in [0.15, 0.2) is 54.6 Å². The van der Waals surface area contributed by atoms with Crippen molar-refractivity contribution in [2.24, 2.45) is 0 Å². The van der Waals surface area contributed by atoms with Crippen LogP contribution in [-0.4, -0.2) is 37.8 Å². The number of hydrogen-bond acceptors (Lipinski definition) is 3. The van der Waals surface area contributed by atoms with Gasteiger partial charge in [-0.25, -0.2) is 0 Å². The third-order valence-electron chi connectivity index (χ3n) is 3.61. The van der Waals surface area contributed by atoms with Crippen LogP contribution in [0, 0.1) is 0 Å². The molecular weight excluding hydrogens is 306 g/mol. The number of ether oxygens (including phenoxy) is 1. The number of hydrogen-bond donors (Lipinski definition) is 2. The zero-order valence-electron chi connectivity index (χ0n) is 13.7. The molecular formula is C18H23N3OS. The van der Waals surface area contributed by atoms with Crippen LogP contribution in [0.2, 0.25) is 0 Å². The van der Waals surface area contributed by atoms with Gasteiger partial charge in [-0.15, -0.1) is 0 Å². The first-order valence-corrected chi connectivity index (χ1v) is 7.91. The third-order valence-corrected chi connectivity index (χ3v) is 3.86. The van der Waals surface area contributed by atoms with Crippen LogP contribution in [0.3, 0.4) is 0 Å². The van der Waals surface area contributed by atoms with E-state index in [1.807, 2.05) is 30.3 Å². The largest absolute Gasteiger partial charge is 0.497 e. The van der Waals surface area contributed by atoms with Crippen LogP contribution in [0.4, 0.5) is 5.69 Å². The summed E-state index contributed by atoms with van der Waals surface area (Å²) in [4.78, 5) is 2.18. The Morgan fingerprint density at radius 3 is 2.30 bits per heavy atom. The van der Waals surface area contributed by atoms with E-state index in [2.05, 4.69) is 53.9 Å². The molecule has 0 bridgehead atoms. The van der Waals surface area contributed by atoms with E-state index in [0.717, 1.165) is 18.0 Å². The predicted molar refractivity (Wildman–Crippen MR) is 100 cm³/mol. The molecule has 0 spiro atoms. The second kappa shape index (κ2) is 8.50. The lowest BCUT2D eigenvalue weighted by Gasteiger charge is -2.25. The van der Waals surface area contributed by atoms with E-state index in [1.54, 1.807) is 7.11 Å². The topological polar surface area (TPSA) is 36.5 Å². The molecule has 23 heavy (non-hydrogen) atoms. The molecule has 0 amide bonds. The Kier molecular flexibility index (Phi) is 6.38. The van der Waals surface area contributed by atoms with Gasteiger partial charge in [-0.05, 0) is 56.1 Å². The maximum absolute atomic E-state index is 5.38. The summed E-state index contributed by atoms with van der Waals surface area (Å²) in [7, 11) is 5.79. The van der Waals surface area contributed by atoms with Gasteiger partial charge in [-0.2, -0.15) is 0 Å². The van der Waals surface area contributed by atoms with Crippen LogP contribution in [0.25, 0.3) is 0 Å². The van der Waals surface area contributed by atoms with Crippen molar-refractivity contribution in [2.75, 3.05) is 33.1 Å². The molecule has 2 aromatic rings. The fourth-order valence-corrected chi connectivity index (χ4v) is 2.51. The lowest BCUT2D eigenvalue weighted by molar-refractivity contribution is 0.299. The second-order valence-electron chi connectivity index (χ2n) is 5.45. The summed E-state index contributed by atoms with van der Waals surface area (Å²) in [6.45, 7) is 0.735. The summed E-state index contributed by atoms with van der Waals surface area (Å²) in [5.74, 6) is 0.825. The van der Waals surface area contributed by atoms with E-state index < -0.39 is 0 Å². The van der Waals surface area contributed by atoms with Crippen molar-refractivity contribution in [2.45, 2.75) is 6.04 Å². The number of nitrogens with one attached hydrogen (secondary N) is 2. The molecule has 4 nitrogen and oxygen atoms in total. The van der Waals surface area contributed by atoms with Crippen molar-refractivity contribution < 1.29 is 4.74 Å². The number of likely N-dealkylation sites (N-methyl/N-ethyl adjacent to an activating group) is 1. The van der Waals surface area contributed by atoms with Crippen LogP contribution in [-0.2, 0) is 0 Å². The molecule has 0 heterocycles. The summed E-state index contributed by atoms with van der Waals surface area (Å²) in [5.41, 5.74) is 2.20. The Balaban J connectivity index is 1.91. The number of nitrogens with zero attached hydrogens (tertiary/aromatic N) is 1. The first-order valence-electron chi connectivity index (χ1n) is 7.50. The molecule has 5 heteroatoms. The van der Waals surface area contributed by atoms with Gasteiger partial charge in [0.05, 0.1) is 13.2 Å². The molecule has 1 unspecified atom stereocenters. The van der Waals surface area contributed by atoms with Gasteiger partial charge in [0.1, 0.15) is 5.75 Å². The summed E-state index contributed by atoms with van der Waals surface area (Å²) in [5, 5.41) is 7.08. The molecule has 122 valence electrons. The fraction of sp³-hybridized carbons (Fsp3) is 0.278. The maximum Gasteiger partial charge on any atom is 0.170 e. The van der Waals surface area contributed by atoms with Crippen LogP contribution >= 0.6 is 12.2 Å². The van der Waals surface area contributed by atoms with Crippen LogP contribution in [0.1, 0.15) is 11.6 Å². The average molecular weight is 329 g/mol. The fourth-order valence-electron chi connectivity index (χ4n) is 2.31. The number of rotatable bonds is 6. The predicted octanol–water partition coefficient (Wildman–Crippen LogP) is 3.28. The smallest absolute Gasteiger partial charge is 0.170 e. The molecule has 2 rings (SSSR count). The van der Waals surface area contributed by atoms with Crippen molar-refractivity contribution >= 4 is 23.0 Å². The minimum Gasteiger partial charge on any atom is -0.497 e. The zero-order chi connectivity index (χ0) is 16.7. The van der Waals surface area contributed by atoms with E-state index >= 15 is 0 Å². The lowest BCUT2D eigenvalue weighted by atomic mass is 10.1. The highest BCUT2D eigenvalue weighted by molar-refractivity contribution is 7.80. The molecule has 0 aromatic heterocycles. The van der Waals surface area contributed by atoms with Gasteiger partial charge in [0.2, 0.25) is 0 Å². The highest BCUT2D eigenvalue weighted by Crippen LogP contribution is 2.17. The van der Waals surface area contributed by atoms with Gasteiger partial charge in [-0.3, -0.25) is 0 Å². The van der Waals surface area contributed by atoms with Crippen molar-refractivity contribution in [3.8, 4) is 5.75 Å². The van der Waals surface area contributed by atoms with E-state index in [9.17, 15) is 0 Å². The first-order chi connectivity index (χ1) is 11.1. The standard InChI is InChI=1S/C18H23N3OS/c1-21(2)17(14-7-5-4-6-8-14)13-19-18(23)20-15-9-11-16(22-3)12-10-15/h4-12,17H,13H2,1-3H3,(H2,19,20,23). The molecule has 0 aliphatic carbocycles. The molecule has 0 radical (unpaired) electrons. The summed E-state index contributed by atoms with van der Waals surface area (Å²) >= 11 is 5.38. The maximum atomic E-state index is 5.38. The van der Waals surface area contributed by atoms with Crippen molar-refractivity contribution in [1.29, 1.82) is 0 Å². The highest BCUT2D eigenvalue weighted by atomic mass is 32.1. The summed E-state index contributed by atoms with van der Waals surface area (Å²) < 4.78 is 5.15. The highest BCUT2D eigenvalue weighted by Gasteiger charge is 2.13. The molecule has 2 aromatic carbocycles. The quantitative estimate of drug-likeness (QED) is 0.796. The Labute approximate surface area is 143 Å². The van der Waals surface area contributed by atoms with Crippen LogP contribution < -0.4 is 15.4 Å². The van der Waals surface area contributed by atoms with Gasteiger partial charge in [0, 0.05) is 12.2 Å². The Morgan fingerprint density at radius 1 is 1.09 bits per heavy atom. The molecule has 0 saturated carbocycles. The SMILES string of the molecule is COc1ccc(NC(=S)NCC(c2ccccc2)N(C)C)cc1. The second-order valence-corrected chi connectivity index (χ2v) is 5.86. The minimum atomic E-state index is 0.256. The first kappa shape index (κ1) is 17.2. The van der Waals surface area contributed by atoms with E-state index in [0.29, 0.717) is 5.11 Å². The molecule has 1 atom stereocenters. The number of methoxy groups -OCH3 is 1. The van der Waals surface area contributed by atoms with Crippen molar-refractivity contribution in [3.63, 3.8) is 0 Å². The molecule has 2 N–H and O–H groups in total. The van der Waals surface area contributed by atoms with Crippen molar-refractivity contribution in [3.05, 3.63) is 60.2 Å². The van der Waals surface area contributed by atoms with Gasteiger partial charge in [0.25, 0.3) is 0 Å². The summed E-state index contributed by atoms with van der Waals surface area (Å²) in [6, 6.07) is 18.3. The lowest BCUT2D eigenvalue weighted by Crippen LogP contribution is -2.36.